The fraction of sp³-hybridized carbons (Fsp3) is 0.588. The molecule has 1 fully saturated rings. The zero-order valence-electron chi connectivity index (χ0n) is 14.1. The first-order valence-electron chi connectivity index (χ1n) is 8.24. The zero-order valence-corrected chi connectivity index (χ0v) is 14.1. The molecule has 2 rings (SSSR count). The second-order valence-electron chi connectivity index (χ2n) is 6.20. The van der Waals surface area contributed by atoms with E-state index in [-0.39, 0.29) is 18.0 Å². The van der Waals surface area contributed by atoms with Crippen LogP contribution in [0.4, 0.5) is 4.79 Å². The molecule has 2 atom stereocenters. The van der Waals surface area contributed by atoms with Crippen LogP contribution in [0, 0.1) is 6.92 Å². The van der Waals surface area contributed by atoms with Gasteiger partial charge in [0.25, 0.3) is 0 Å². The number of urea groups is 1. The second-order valence-corrected chi connectivity index (χ2v) is 6.20. The molecule has 0 bridgehead atoms. The normalized spacial score (nSPS) is 19.1. The quantitative estimate of drug-likeness (QED) is 0.891. The van der Waals surface area contributed by atoms with Crippen molar-refractivity contribution in [2.24, 2.45) is 0 Å². The summed E-state index contributed by atoms with van der Waals surface area (Å²) in [6.45, 7) is 6.82. The van der Waals surface area contributed by atoms with Gasteiger partial charge in [-0.1, -0.05) is 6.07 Å². The van der Waals surface area contributed by atoms with Crippen LogP contribution in [0.1, 0.15) is 44.5 Å². The van der Waals surface area contributed by atoms with Gasteiger partial charge in [-0.25, -0.2) is 4.79 Å². The number of nitrogens with zero attached hydrogens (tertiary/aromatic N) is 2. The highest BCUT2D eigenvalue weighted by atomic mass is 16.2. The summed E-state index contributed by atoms with van der Waals surface area (Å²) in [5.74, 6) is -0.0129. The minimum atomic E-state index is -0.527. The molecule has 1 aliphatic heterocycles. The molecule has 0 aromatic carbocycles. The molecule has 23 heavy (non-hydrogen) atoms. The Hall–Kier alpha value is -2.11. The van der Waals surface area contributed by atoms with E-state index >= 15 is 0 Å². The van der Waals surface area contributed by atoms with Gasteiger partial charge in [0.15, 0.2) is 0 Å². The predicted molar refractivity (Wildman–Crippen MR) is 88.8 cm³/mol. The van der Waals surface area contributed by atoms with E-state index in [1.54, 1.807) is 6.92 Å². The average Bonchev–Trinajstić information content (AvgIpc) is 2.53. The lowest BCUT2D eigenvalue weighted by molar-refractivity contribution is -0.136. The topological polar surface area (TPSA) is 74.3 Å². The average molecular weight is 318 g/mol. The van der Waals surface area contributed by atoms with Crippen molar-refractivity contribution in [1.29, 1.82) is 0 Å². The van der Waals surface area contributed by atoms with Gasteiger partial charge in [-0.15, -0.1) is 0 Å². The van der Waals surface area contributed by atoms with Crippen LogP contribution in [0.5, 0.6) is 0 Å². The summed E-state index contributed by atoms with van der Waals surface area (Å²) in [7, 11) is 0. The molecule has 1 aliphatic rings. The zero-order chi connectivity index (χ0) is 16.8. The van der Waals surface area contributed by atoms with Gasteiger partial charge in [-0.3, -0.25) is 9.78 Å². The standard InChI is InChI=1S/C17H26N4O2/c1-12-7-6-9-15(19-12)11-18-17(23)20-14(3)16(22)21-10-5-4-8-13(21)2/h6-7,9,13-14H,4-5,8,10-11H2,1-3H3,(H2,18,20,23)/t13-,14-/m0/s1. The molecule has 1 saturated heterocycles. The van der Waals surface area contributed by atoms with Gasteiger partial charge in [0, 0.05) is 18.3 Å². The maximum absolute atomic E-state index is 12.4. The number of carbonyl (C=O) groups excluding carboxylic acids is 2. The van der Waals surface area contributed by atoms with E-state index < -0.39 is 6.04 Å². The summed E-state index contributed by atoms with van der Waals surface area (Å²) in [6, 6.07) is 5.04. The molecule has 2 heterocycles. The third-order valence-electron chi connectivity index (χ3n) is 4.18. The number of piperidine rings is 1. The number of likely N-dealkylation sites (tertiary alicyclic amines) is 1. The van der Waals surface area contributed by atoms with E-state index in [0.717, 1.165) is 37.2 Å². The van der Waals surface area contributed by atoms with E-state index in [1.807, 2.05) is 30.0 Å². The van der Waals surface area contributed by atoms with Crippen molar-refractivity contribution >= 4 is 11.9 Å². The van der Waals surface area contributed by atoms with Crippen LogP contribution >= 0.6 is 0 Å². The number of hydrogen-bond donors (Lipinski definition) is 2. The predicted octanol–water partition coefficient (Wildman–Crippen LogP) is 1.98. The number of aromatic nitrogens is 1. The lowest BCUT2D eigenvalue weighted by atomic mass is 10.0. The maximum atomic E-state index is 12.4. The molecule has 2 N–H and O–H groups in total. The molecule has 126 valence electrons. The summed E-state index contributed by atoms with van der Waals surface area (Å²) in [5, 5.41) is 5.46. The van der Waals surface area contributed by atoms with Gasteiger partial charge in [-0.05, 0) is 52.2 Å². The minimum absolute atomic E-state index is 0.0129. The Bertz CT molecular complexity index is 561. The third-order valence-corrected chi connectivity index (χ3v) is 4.18. The van der Waals surface area contributed by atoms with E-state index in [9.17, 15) is 9.59 Å². The summed E-state index contributed by atoms with van der Waals surface area (Å²) in [4.78, 5) is 30.6. The summed E-state index contributed by atoms with van der Waals surface area (Å²) in [6.07, 6.45) is 3.23. The molecule has 0 radical (unpaired) electrons. The Morgan fingerprint density at radius 1 is 1.39 bits per heavy atom. The molecular weight excluding hydrogens is 292 g/mol. The highest BCUT2D eigenvalue weighted by molar-refractivity contribution is 5.86. The Labute approximate surface area is 137 Å². The molecule has 0 spiro atoms. The lowest BCUT2D eigenvalue weighted by Gasteiger charge is -2.35. The van der Waals surface area contributed by atoms with Crippen molar-refractivity contribution in [1.82, 2.24) is 20.5 Å². The van der Waals surface area contributed by atoms with Gasteiger partial charge in [0.2, 0.25) is 5.91 Å². The first-order chi connectivity index (χ1) is 11.0. The smallest absolute Gasteiger partial charge is 0.315 e. The molecule has 0 aliphatic carbocycles. The van der Waals surface area contributed by atoms with Gasteiger partial charge in [0.05, 0.1) is 12.2 Å². The Balaban J connectivity index is 1.80. The van der Waals surface area contributed by atoms with E-state index in [1.165, 1.54) is 0 Å². The maximum Gasteiger partial charge on any atom is 0.315 e. The largest absolute Gasteiger partial charge is 0.338 e. The fourth-order valence-electron chi connectivity index (χ4n) is 2.85. The summed E-state index contributed by atoms with van der Waals surface area (Å²) in [5.41, 5.74) is 1.70. The van der Waals surface area contributed by atoms with E-state index in [2.05, 4.69) is 22.5 Å². The number of amides is 3. The molecule has 0 unspecified atom stereocenters. The Kier molecular flexibility index (Phi) is 5.96. The first-order valence-corrected chi connectivity index (χ1v) is 8.24. The number of pyridine rings is 1. The SMILES string of the molecule is Cc1cccc(CNC(=O)N[C@@H](C)C(=O)N2CCCC[C@@H]2C)n1. The van der Waals surface area contributed by atoms with Gasteiger partial charge >= 0.3 is 6.03 Å². The second kappa shape index (κ2) is 7.94. The van der Waals surface area contributed by atoms with Gasteiger partial charge in [0.1, 0.15) is 6.04 Å². The molecule has 3 amide bonds. The van der Waals surface area contributed by atoms with Crippen molar-refractivity contribution in [2.45, 2.75) is 58.7 Å². The number of aryl methyl sites for hydroxylation is 1. The third kappa shape index (κ3) is 4.94. The highest BCUT2D eigenvalue weighted by Crippen LogP contribution is 2.17. The van der Waals surface area contributed by atoms with Crippen LogP contribution < -0.4 is 10.6 Å². The molecule has 0 saturated carbocycles. The molecule has 1 aromatic heterocycles. The minimum Gasteiger partial charge on any atom is -0.338 e. The van der Waals surface area contributed by atoms with Crippen LogP contribution in [-0.2, 0) is 11.3 Å². The number of carbonyl (C=O) groups is 2. The lowest BCUT2D eigenvalue weighted by Crippen LogP contribution is -2.53. The van der Waals surface area contributed by atoms with E-state index in [4.69, 9.17) is 0 Å². The van der Waals surface area contributed by atoms with Crippen molar-refractivity contribution < 1.29 is 9.59 Å². The van der Waals surface area contributed by atoms with Gasteiger partial charge in [-0.2, -0.15) is 0 Å². The number of hydrogen-bond acceptors (Lipinski definition) is 3. The highest BCUT2D eigenvalue weighted by Gasteiger charge is 2.27. The fourth-order valence-corrected chi connectivity index (χ4v) is 2.85. The van der Waals surface area contributed by atoms with Crippen molar-refractivity contribution in [3.8, 4) is 0 Å². The van der Waals surface area contributed by atoms with Crippen molar-refractivity contribution in [3.05, 3.63) is 29.6 Å². The molecule has 1 aromatic rings. The van der Waals surface area contributed by atoms with Crippen LogP contribution in [0.3, 0.4) is 0 Å². The Morgan fingerprint density at radius 3 is 2.87 bits per heavy atom. The first kappa shape index (κ1) is 17.2. The Morgan fingerprint density at radius 2 is 2.17 bits per heavy atom. The van der Waals surface area contributed by atoms with E-state index in [0.29, 0.717) is 6.54 Å². The number of rotatable bonds is 4. The van der Waals surface area contributed by atoms with Crippen LogP contribution in [-0.4, -0.2) is 40.5 Å². The van der Waals surface area contributed by atoms with Crippen LogP contribution in [0.2, 0.25) is 0 Å². The summed E-state index contributed by atoms with van der Waals surface area (Å²) < 4.78 is 0. The molecular formula is C17H26N4O2. The monoisotopic (exact) mass is 318 g/mol. The molecule has 6 heteroatoms. The number of nitrogens with one attached hydrogen (secondary N) is 2. The van der Waals surface area contributed by atoms with Crippen LogP contribution in [0.25, 0.3) is 0 Å². The molecule has 6 nitrogen and oxygen atoms in total. The van der Waals surface area contributed by atoms with Crippen LogP contribution in [0.15, 0.2) is 18.2 Å². The van der Waals surface area contributed by atoms with Crippen molar-refractivity contribution in [3.63, 3.8) is 0 Å². The van der Waals surface area contributed by atoms with Gasteiger partial charge < -0.3 is 15.5 Å². The van der Waals surface area contributed by atoms with Crippen molar-refractivity contribution in [2.75, 3.05) is 6.54 Å². The summed E-state index contributed by atoms with van der Waals surface area (Å²) >= 11 is 0.